The molecule has 5 nitrogen and oxygen atoms in total. The van der Waals surface area contributed by atoms with Gasteiger partial charge >= 0.3 is 6.03 Å². The Labute approximate surface area is 118 Å². The first-order valence-electron chi connectivity index (χ1n) is 6.42. The lowest BCUT2D eigenvalue weighted by atomic mass is 9.87. The molecule has 0 aliphatic carbocycles. The highest BCUT2D eigenvalue weighted by atomic mass is 32.1. The molecule has 19 heavy (non-hydrogen) atoms. The number of hydrogen-bond donors (Lipinski definition) is 3. The maximum Gasteiger partial charge on any atom is 0.315 e. The van der Waals surface area contributed by atoms with E-state index < -0.39 is 0 Å². The average Bonchev–Trinajstić information content (AvgIpc) is 2.78. The molecule has 0 bridgehead atoms. The van der Waals surface area contributed by atoms with E-state index in [9.17, 15) is 9.90 Å². The van der Waals surface area contributed by atoms with Crippen LogP contribution in [0.3, 0.4) is 0 Å². The van der Waals surface area contributed by atoms with Gasteiger partial charge in [-0.2, -0.15) is 0 Å². The average molecular weight is 285 g/mol. The monoisotopic (exact) mass is 285 g/mol. The van der Waals surface area contributed by atoms with Gasteiger partial charge in [0.25, 0.3) is 0 Å². The van der Waals surface area contributed by atoms with Gasteiger partial charge in [-0.05, 0) is 25.7 Å². The van der Waals surface area contributed by atoms with Gasteiger partial charge in [0.05, 0.1) is 12.1 Å². The molecule has 0 spiro atoms. The Morgan fingerprint density at radius 2 is 2.21 bits per heavy atom. The summed E-state index contributed by atoms with van der Waals surface area (Å²) >= 11 is 1.52. The van der Waals surface area contributed by atoms with Crippen molar-refractivity contribution in [1.82, 2.24) is 15.6 Å². The molecule has 0 fully saturated rings. The van der Waals surface area contributed by atoms with Crippen LogP contribution in [0.2, 0.25) is 0 Å². The maximum absolute atomic E-state index is 11.8. The van der Waals surface area contributed by atoms with Gasteiger partial charge in [-0.1, -0.05) is 13.8 Å². The normalized spacial score (nSPS) is 14.8. The summed E-state index contributed by atoms with van der Waals surface area (Å²) in [4.78, 5) is 15.9. The predicted molar refractivity (Wildman–Crippen MR) is 77.1 cm³/mol. The number of carbonyl (C=O) groups is 1. The van der Waals surface area contributed by atoms with Crippen molar-refractivity contribution >= 4 is 17.4 Å². The van der Waals surface area contributed by atoms with Crippen LogP contribution >= 0.6 is 11.3 Å². The standard InChI is InChI=1S/C13H23N3O2S/c1-9(17)7-13(3,4)8-15-12(18)16-10(2)11-14-5-6-19-11/h5-6,9-10,17H,7-8H2,1-4H3,(H2,15,16,18). The molecule has 1 rings (SSSR count). The van der Waals surface area contributed by atoms with Crippen molar-refractivity contribution < 1.29 is 9.90 Å². The first-order chi connectivity index (χ1) is 8.80. The molecule has 3 N–H and O–H groups in total. The van der Waals surface area contributed by atoms with Crippen molar-refractivity contribution in [2.75, 3.05) is 6.54 Å². The molecule has 6 heteroatoms. The third kappa shape index (κ3) is 6.02. The summed E-state index contributed by atoms with van der Waals surface area (Å²) in [6.07, 6.45) is 2.01. The Kier molecular flexibility index (Phi) is 5.75. The molecular formula is C13H23N3O2S. The summed E-state index contributed by atoms with van der Waals surface area (Å²) in [5.74, 6) is 0. The largest absolute Gasteiger partial charge is 0.393 e. The van der Waals surface area contributed by atoms with Crippen molar-refractivity contribution in [1.29, 1.82) is 0 Å². The van der Waals surface area contributed by atoms with Crippen LogP contribution in [0, 0.1) is 5.41 Å². The molecule has 108 valence electrons. The smallest absolute Gasteiger partial charge is 0.315 e. The van der Waals surface area contributed by atoms with E-state index in [2.05, 4.69) is 15.6 Å². The Balaban J connectivity index is 2.35. The Morgan fingerprint density at radius 1 is 1.53 bits per heavy atom. The zero-order valence-corrected chi connectivity index (χ0v) is 12.8. The van der Waals surface area contributed by atoms with Crippen LogP contribution in [0.15, 0.2) is 11.6 Å². The number of aromatic nitrogens is 1. The topological polar surface area (TPSA) is 74.2 Å². The molecule has 1 aromatic rings. The van der Waals surface area contributed by atoms with Gasteiger partial charge in [-0.15, -0.1) is 11.3 Å². The predicted octanol–water partition coefficient (Wildman–Crippen LogP) is 2.30. The van der Waals surface area contributed by atoms with E-state index in [1.54, 1.807) is 13.1 Å². The quantitative estimate of drug-likeness (QED) is 0.751. The molecule has 1 aromatic heterocycles. The van der Waals surface area contributed by atoms with Crippen LogP contribution in [-0.2, 0) is 0 Å². The third-order valence-corrected chi connectivity index (χ3v) is 3.70. The lowest BCUT2D eigenvalue weighted by Crippen LogP contribution is -2.42. The van der Waals surface area contributed by atoms with Gasteiger partial charge in [0.1, 0.15) is 5.01 Å². The van der Waals surface area contributed by atoms with Gasteiger partial charge in [0.2, 0.25) is 0 Å². The van der Waals surface area contributed by atoms with Crippen molar-refractivity contribution in [2.45, 2.75) is 46.3 Å². The minimum atomic E-state index is -0.367. The summed E-state index contributed by atoms with van der Waals surface area (Å²) in [7, 11) is 0. The minimum Gasteiger partial charge on any atom is -0.393 e. The Morgan fingerprint density at radius 3 is 2.74 bits per heavy atom. The fraction of sp³-hybridized carbons (Fsp3) is 0.692. The molecular weight excluding hydrogens is 262 g/mol. The molecule has 0 radical (unpaired) electrons. The van der Waals surface area contributed by atoms with Crippen molar-refractivity contribution in [3.05, 3.63) is 16.6 Å². The Hall–Kier alpha value is -1.14. The van der Waals surface area contributed by atoms with Gasteiger partial charge in [-0.3, -0.25) is 0 Å². The number of thiazole rings is 1. The highest BCUT2D eigenvalue weighted by Gasteiger charge is 2.21. The first-order valence-corrected chi connectivity index (χ1v) is 7.30. The van der Waals surface area contributed by atoms with Gasteiger partial charge in [0.15, 0.2) is 0 Å². The van der Waals surface area contributed by atoms with Crippen LogP contribution in [0.4, 0.5) is 4.79 Å². The number of carbonyl (C=O) groups excluding carboxylic acids is 1. The summed E-state index contributed by atoms with van der Waals surface area (Å²) in [5.41, 5.74) is -0.129. The van der Waals surface area contributed by atoms with Gasteiger partial charge in [0, 0.05) is 18.1 Å². The molecule has 0 aromatic carbocycles. The van der Waals surface area contributed by atoms with E-state index >= 15 is 0 Å². The highest BCUT2D eigenvalue weighted by Crippen LogP contribution is 2.21. The fourth-order valence-corrected chi connectivity index (χ4v) is 2.60. The third-order valence-electron chi connectivity index (χ3n) is 2.74. The number of nitrogens with one attached hydrogen (secondary N) is 2. The van der Waals surface area contributed by atoms with Crippen LogP contribution in [0.25, 0.3) is 0 Å². The second kappa shape index (κ2) is 6.86. The van der Waals surface area contributed by atoms with Gasteiger partial charge < -0.3 is 15.7 Å². The number of rotatable bonds is 6. The molecule has 2 atom stereocenters. The number of aliphatic hydroxyl groups excluding tert-OH is 1. The molecule has 0 saturated heterocycles. The first kappa shape index (κ1) is 15.9. The van der Waals surface area contributed by atoms with E-state index in [-0.39, 0.29) is 23.6 Å². The number of hydrogen-bond acceptors (Lipinski definition) is 4. The molecule has 0 saturated carbocycles. The second-order valence-corrected chi connectivity index (χ2v) is 6.56. The summed E-state index contributed by atoms with van der Waals surface area (Å²) in [6.45, 7) is 8.22. The summed E-state index contributed by atoms with van der Waals surface area (Å²) in [6, 6.07) is -0.304. The molecule has 2 unspecified atom stereocenters. The number of urea groups is 1. The molecule has 0 aliphatic rings. The zero-order chi connectivity index (χ0) is 14.5. The van der Waals surface area contributed by atoms with Crippen molar-refractivity contribution in [3.8, 4) is 0 Å². The van der Waals surface area contributed by atoms with Crippen LogP contribution in [-0.4, -0.2) is 28.8 Å². The molecule has 1 heterocycles. The fourth-order valence-electron chi connectivity index (χ4n) is 1.95. The van der Waals surface area contributed by atoms with Crippen molar-refractivity contribution in [2.24, 2.45) is 5.41 Å². The second-order valence-electron chi connectivity index (χ2n) is 5.64. The van der Waals surface area contributed by atoms with E-state index in [4.69, 9.17) is 0 Å². The zero-order valence-electron chi connectivity index (χ0n) is 11.9. The molecule has 0 aliphatic heterocycles. The summed E-state index contributed by atoms with van der Waals surface area (Å²) < 4.78 is 0. The lowest BCUT2D eigenvalue weighted by molar-refractivity contribution is 0.128. The van der Waals surface area contributed by atoms with E-state index in [1.165, 1.54) is 11.3 Å². The van der Waals surface area contributed by atoms with Crippen LogP contribution < -0.4 is 10.6 Å². The number of aliphatic hydroxyl groups is 1. The number of nitrogens with zero attached hydrogens (tertiary/aromatic N) is 1. The van der Waals surface area contributed by atoms with E-state index in [0.717, 1.165) is 5.01 Å². The van der Waals surface area contributed by atoms with Crippen LogP contribution in [0.5, 0.6) is 0 Å². The lowest BCUT2D eigenvalue weighted by Gasteiger charge is -2.26. The van der Waals surface area contributed by atoms with Gasteiger partial charge in [-0.25, -0.2) is 9.78 Å². The maximum atomic E-state index is 11.8. The molecule has 2 amide bonds. The highest BCUT2D eigenvalue weighted by molar-refractivity contribution is 7.09. The van der Waals surface area contributed by atoms with Crippen LogP contribution in [0.1, 0.15) is 45.2 Å². The van der Waals surface area contributed by atoms with Crippen molar-refractivity contribution in [3.63, 3.8) is 0 Å². The van der Waals surface area contributed by atoms with E-state index in [0.29, 0.717) is 13.0 Å². The summed E-state index contributed by atoms with van der Waals surface area (Å²) in [5, 5.41) is 17.8. The Bertz CT molecular complexity index is 391. The number of amides is 2. The minimum absolute atomic E-state index is 0.0973. The van der Waals surface area contributed by atoms with E-state index in [1.807, 2.05) is 26.2 Å². The SMILES string of the molecule is CC(O)CC(C)(C)CNC(=O)NC(C)c1nccs1.